The summed E-state index contributed by atoms with van der Waals surface area (Å²) >= 11 is 11.3. The molecule has 0 aliphatic carbocycles. The number of aromatic hydroxyl groups is 1. The van der Waals surface area contributed by atoms with Crippen molar-refractivity contribution in [3.8, 4) is 17.2 Å². The molecule has 0 atom stereocenters. The number of nitrogens with two attached hydrogens (primary N) is 2. The number of phenolic OH excluding ortho intramolecular Hbond substituents is 1. The fraction of sp³-hybridized carbons (Fsp3) is 0.182. The lowest BCUT2D eigenvalue weighted by molar-refractivity contribution is 0.0592. The van der Waals surface area contributed by atoms with Crippen LogP contribution >= 0.6 is 57.0 Å². The number of carbonyl (C=O) groups is 4. The molecule has 1 amide bonds. The van der Waals surface area contributed by atoms with E-state index >= 15 is 0 Å². The minimum Gasteiger partial charge on any atom is -0.508 e. The van der Waals surface area contributed by atoms with Crippen molar-refractivity contribution in [2.24, 2.45) is 0 Å². The average Bonchev–Trinajstić information content (AvgIpc) is 3.92. The van der Waals surface area contributed by atoms with Crippen LogP contribution in [0.3, 0.4) is 0 Å². The minimum absolute atomic E-state index is 0. The summed E-state index contributed by atoms with van der Waals surface area (Å²) in [6.45, 7) is 3.80. The number of ketones is 1. The van der Waals surface area contributed by atoms with Gasteiger partial charge in [-0.05, 0) is 104 Å². The fourth-order valence-corrected chi connectivity index (χ4v) is 4.55. The predicted molar refractivity (Wildman–Crippen MR) is 264 cm³/mol. The van der Waals surface area contributed by atoms with Gasteiger partial charge in [0.2, 0.25) is 9.23 Å². The van der Waals surface area contributed by atoms with Crippen molar-refractivity contribution < 1.29 is 47.8 Å². The molecule has 5 heterocycles. The maximum Gasteiger partial charge on any atom is 0.356 e. The number of nitrogens with one attached hydrogen (secondary N) is 1. The summed E-state index contributed by atoms with van der Waals surface area (Å²) in [6, 6.07) is 27.7. The highest BCUT2D eigenvalue weighted by Gasteiger charge is 2.08. The van der Waals surface area contributed by atoms with E-state index in [-0.39, 0.29) is 41.2 Å². The number of esters is 1. The van der Waals surface area contributed by atoms with Crippen LogP contribution in [0, 0.1) is 0 Å². The van der Waals surface area contributed by atoms with Gasteiger partial charge in [0, 0.05) is 100 Å². The number of nitrogens with zero attached hydrogens (tertiary/aromatic N) is 4. The summed E-state index contributed by atoms with van der Waals surface area (Å²) in [7, 11) is 10.2. The number of carboxylic acid groups (broad SMARTS) is 1. The lowest BCUT2D eigenvalue weighted by Crippen LogP contribution is -2.18. The molecule has 7 N–H and O–H groups in total. The van der Waals surface area contributed by atoms with Crippen molar-refractivity contribution in [2.75, 3.05) is 38.8 Å². The van der Waals surface area contributed by atoms with Gasteiger partial charge in [0.1, 0.15) is 40.0 Å². The third-order valence-corrected chi connectivity index (χ3v) is 7.83. The number of methoxy groups -OCH3 is 1. The Morgan fingerprint density at radius 2 is 1.21 bits per heavy atom. The van der Waals surface area contributed by atoms with Gasteiger partial charge in [-0.2, -0.15) is 0 Å². The molecule has 2 aromatic carbocycles. The molecule has 360 valence electrons. The summed E-state index contributed by atoms with van der Waals surface area (Å²) in [5.74, 6) is -0.251. The number of nitrogen functional groups attached to an aromatic ring is 2. The van der Waals surface area contributed by atoms with Crippen LogP contribution < -0.4 is 21.5 Å². The van der Waals surface area contributed by atoms with Crippen molar-refractivity contribution in [1.82, 2.24) is 25.3 Å². The number of aromatic carboxylic acids is 1. The Morgan fingerprint density at radius 1 is 0.716 bits per heavy atom. The van der Waals surface area contributed by atoms with E-state index < -0.39 is 21.2 Å². The molecule has 4 aromatic heterocycles. The number of carboxylic acids is 1. The number of phenols is 1. The zero-order valence-corrected chi connectivity index (χ0v) is 40.7. The summed E-state index contributed by atoms with van der Waals surface area (Å²) in [5, 5.41) is 20.6. The van der Waals surface area contributed by atoms with E-state index in [1.807, 2.05) is 0 Å². The highest BCUT2D eigenvalue weighted by atomic mass is 36.0. The highest BCUT2D eigenvalue weighted by molar-refractivity contribution is 8.26. The molecular weight excluding hydrogens is 996 g/mol. The molecule has 7 rings (SSSR count). The van der Waals surface area contributed by atoms with Crippen LogP contribution in [0.15, 0.2) is 128 Å². The topological polar surface area (TPSA) is 269 Å². The Morgan fingerprint density at radius 3 is 1.63 bits per heavy atom. The second-order valence-corrected chi connectivity index (χ2v) is 15.6. The van der Waals surface area contributed by atoms with Crippen LogP contribution in [0.1, 0.15) is 68.1 Å². The van der Waals surface area contributed by atoms with Crippen molar-refractivity contribution >= 4 is 101 Å². The van der Waals surface area contributed by atoms with Gasteiger partial charge in [-0.25, -0.2) is 23.8 Å². The van der Waals surface area contributed by atoms with Crippen molar-refractivity contribution in [2.45, 2.75) is 26.2 Å². The molecule has 0 radical (unpaired) electrons. The van der Waals surface area contributed by atoms with Gasteiger partial charge in [-0.1, -0.05) is 36.2 Å². The number of amides is 1. The molecular formula is C44H48Cl5N7O10S. The minimum atomic E-state index is -1.67. The van der Waals surface area contributed by atoms with E-state index in [9.17, 15) is 19.2 Å². The Hall–Kier alpha value is -6.12. The molecule has 6 aromatic rings. The van der Waals surface area contributed by atoms with Gasteiger partial charge >= 0.3 is 11.9 Å². The number of anilines is 2. The van der Waals surface area contributed by atoms with E-state index in [4.69, 9.17) is 58.6 Å². The Labute approximate surface area is 415 Å². The number of carbonyl (C=O) groups excluding carboxylic acids is 3. The van der Waals surface area contributed by atoms with Crippen LogP contribution in [0.2, 0.25) is 10.0 Å². The molecule has 0 bridgehead atoms. The van der Waals surface area contributed by atoms with Gasteiger partial charge in [0.15, 0.2) is 5.78 Å². The Kier molecular flexibility index (Phi) is 32.8. The molecule has 0 unspecified atom stereocenters. The highest BCUT2D eigenvalue weighted by Crippen LogP contribution is 2.22. The fourth-order valence-electron chi connectivity index (χ4n) is 4.23. The standard InChI is InChI=1S/C13H13N3O2.C8H8ClNO.C7H6ClNO2.C6H5NO2.C6H7NO.C4H8O.Cl2OS.ClH/c1-15-13(17)12-8-11(6-7-16-12)18-10-4-2-9(14)3-5-10;1-2-8(11)7-5-6(9)3-4-10-7;1-11-7(10)6-4-5(8)2-3-9-6;8-6(9)5-3-1-2-4-7-5;7-5-1-3-6(8)4-2-5;1-2-4-5-3-1;1-4(2)3;/h2-8H,14H2,1H3,(H,15,17);3-5H,2H2,1H3;2-4H,1H3;1-4H,(H,8,9);1-4,8H,7H2;1-4H2;;1H. The number of aromatic nitrogens is 4. The maximum absolute atomic E-state index is 11.4. The maximum atomic E-state index is 11.4. The van der Waals surface area contributed by atoms with Crippen LogP contribution in [0.5, 0.6) is 17.2 Å². The molecule has 1 fully saturated rings. The van der Waals surface area contributed by atoms with Crippen LogP contribution in [-0.4, -0.2) is 85.4 Å². The van der Waals surface area contributed by atoms with Crippen molar-refractivity contribution in [3.63, 3.8) is 0 Å². The van der Waals surface area contributed by atoms with Crippen molar-refractivity contribution in [1.29, 1.82) is 0 Å². The SMILES string of the molecule is C1CCOC1.CCC(=O)c1cc(Cl)ccn1.CNC(=O)c1cc(Oc2ccc(N)cc2)ccn1.COC(=O)c1cc(Cl)ccn1.Cl.Nc1ccc(O)cc1.O=C(O)c1ccccn1.O=S(Cl)Cl. The summed E-state index contributed by atoms with van der Waals surface area (Å²) in [6.07, 6.45) is 8.98. The van der Waals surface area contributed by atoms with Gasteiger partial charge in [-0.15, -0.1) is 12.4 Å². The molecule has 1 saturated heterocycles. The molecule has 67 heavy (non-hydrogen) atoms. The summed E-state index contributed by atoms with van der Waals surface area (Å²) < 4.78 is 24.1. The first-order valence-corrected chi connectivity index (χ1v) is 22.6. The van der Waals surface area contributed by atoms with Crippen LogP contribution in [0.4, 0.5) is 11.4 Å². The van der Waals surface area contributed by atoms with Crippen LogP contribution in [0.25, 0.3) is 0 Å². The molecule has 1 aliphatic rings. The Bertz CT molecular complexity index is 2300. The van der Waals surface area contributed by atoms with E-state index in [1.54, 1.807) is 105 Å². The van der Waals surface area contributed by atoms with E-state index in [0.717, 1.165) is 13.2 Å². The molecule has 23 heteroatoms. The number of pyridine rings is 4. The molecule has 17 nitrogen and oxygen atoms in total. The van der Waals surface area contributed by atoms with E-state index in [1.165, 1.54) is 56.9 Å². The number of ether oxygens (including phenoxy) is 3. The van der Waals surface area contributed by atoms with E-state index in [0.29, 0.717) is 50.7 Å². The normalized spacial score (nSPS) is 10.3. The zero-order chi connectivity index (χ0) is 49.3. The van der Waals surface area contributed by atoms with Gasteiger partial charge < -0.3 is 41.2 Å². The smallest absolute Gasteiger partial charge is 0.356 e. The quantitative estimate of drug-likeness (QED) is 0.0327. The third-order valence-electron chi connectivity index (χ3n) is 7.36. The lowest BCUT2D eigenvalue weighted by atomic mass is 10.2. The van der Waals surface area contributed by atoms with Gasteiger partial charge in [0.05, 0.1) is 7.11 Å². The first kappa shape index (κ1) is 60.9. The average molecular weight is 1040 g/mol. The third kappa shape index (κ3) is 29.2. The lowest BCUT2D eigenvalue weighted by Gasteiger charge is -2.06. The summed E-state index contributed by atoms with van der Waals surface area (Å²) in [4.78, 5) is 58.6. The molecule has 1 aliphatic heterocycles. The van der Waals surface area contributed by atoms with Crippen molar-refractivity contribution in [3.05, 3.63) is 161 Å². The second kappa shape index (κ2) is 36.1. The molecule has 0 spiro atoms. The first-order valence-electron chi connectivity index (χ1n) is 19.1. The van der Waals surface area contributed by atoms with Gasteiger partial charge in [0.25, 0.3) is 5.91 Å². The molecule has 0 saturated carbocycles. The largest absolute Gasteiger partial charge is 0.508 e. The number of benzene rings is 2. The number of rotatable bonds is 7. The number of halogens is 5. The van der Waals surface area contributed by atoms with Gasteiger partial charge in [-0.3, -0.25) is 19.6 Å². The predicted octanol–water partition coefficient (Wildman–Crippen LogP) is 9.68. The monoisotopic (exact) mass is 1040 g/mol. The Balaban J connectivity index is 0.000000792. The zero-order valence-electron chi connectivity index (χ0n) is 36.1. The number of hydrogen-bond acceptors (Lipinski definition) is 15. The van der Waals surface area contributed by atoms with E-state index in [2.05, 4.69) is 51.4 Å². The summed E-state index contributed by atoms with van der Waals surface area (Å²) in [5.41, 5.74) is 13.3. The second-order valence-electron chi connectivity index (χ2n) is 12.2. The number of hydrogen-bond donors (Lipinski definition) is 5. The first-order chi connectivity index (χ1) is 31.5. The number of Topliss-reactive ketones (excluding diaryl/α,β-unsaturated/α-hetero) is 1. The van der Waals surface area contributed by atoms with Crippen LogP contribution in [-0.2, 0) is 18.7 Å².